The fourth-order valence-electron chi connectivity index (χ4n) is 3.37. The summed E-state index contributed by atoms with van der Waals surface area (Å²) in [5, 5.41) is 0. The summed E-state index contributed by atoms with van der Waals surface area (Å²) in [7, 11) is 0.295. The number of amides is 1. The van der Waals surface area contributed by atoms with Crippen LogP contribution in [0.25, 0.3) is 0 Å². The van der Waals surface area contributed by atoms with Gasteiger partial charge in [0.2, 0.25) is 10.0 Å². The summed E-state index contributed by atoms with van der Waals surface area (Å²) < 4.78 is 48.2. The van der Waals surface area contributed by atoms with Gasteiger partial charge in [-0.1, -0.05) is 6.07 Å². The van der Waals surface area contributed by atoms with E-state index >= 15 is 0 Å². The van der Waals surface area contributed by atoms with Crippen LogP contribution in [0.15, 0.2) is 47.4 Å². The zero-order valence-electron chi connectivity index (χ0n) is 18.6. The number of hydrogen-bond acceptors (Lipinski definition) is 8. The van der Waals surface area contributed by atoms with E-state index in [-0.39, 0.29) is 49.3 Å². The monoisotopic (exact) mass is 478 g/mol. The third-order valence-corrected chi connectivity index (χ3v) is 7.12. The largest absolute Gasteiger partial charge is 0.497 e. The van der Waals surface area contributed by atoms with Gasteiger partial charge in [0.05, 0.1) is 26.9 Å². The first-order chi connectivity index (χ1) is 15.8. The maximum Gasteiger partial charge on any atom is 0.337 e. The number of sulfonamides is 1. The smallest absolute Gasteiger partial charge is 0.337 e. The van der Waals surface area contributed by atoms with Crippen LogP contribution in [0.5, 0.6) is 17.2 Å². The Balaban J connectivity index is 1.60. The highest BCUT2D eigenvalue weighted by atomic mass is 32.2. The molecule has 33 heavy (non-hydrogen) atoms. The second-order valence-corrected chi connectivity index (χ2v) is 9.02. The van der Waals surface area contributed by atoms with Crippen LogP contribution in [-0.2, 0) is 19.6 Å². The summed E-state index contributed by atoms with van der Waals surface area (Å²) in [4.78, 5) is 25.7. The molecule has 0 unspecified atom stereocenters. The molecular formula is C22H26N2O8S. The molecule has 0 spiro atoms. The second kappa shape index (κ2) is 10.5. The van der Waals surface area contributed by atoms with Crippen LogP contribution >= 0.6 is 0 Å². The molecule has 1 saturated heterocycles. The molecule has 3 rings (SSSR count). The fourth-order valence-corrected chi connectivity index (χ4v) is 4.96. The van der Waals surface area contributed by atoms with Crippen LogP contribution < -0.4 is 14.2 Å². The van der Waals surface area contributed by atoms with Gasteiger partial charge in [-0.05, 0) is 30.3 Å². The third-order valence-electron chi connectivity index (χ3n) is 5.20. The maximum absolute atomic E-state index is 13.2. The molecule has 0 radical (unpaired) electrons. The Morgan fingerprint density at radius 3 is 2.27 bits per heavy atom. The first kappa shape index (κ1) is 24.3. The van der Waals surface area contributed by atoms with Crippen molar-refractivity contribution in [1.82, 2.24) is 9.21 Å². The molecule has 10 nitrogen and oxygen atoms in total. The molecule has 0 aliphatic carbocycles. The van der Waals surface area contributed by atoms with E-state index in [1.807, 2.05) is 0 Å². The standard InChI is InChI=1S/C22H26N2O8S/c1-29-17-7-8-19(30-2)20(14-17)33(27,28)24-11-9-23(10-12-24)21(25)15-32-18-6-4-5-16(13-18)22(26)31-3/h4-8,13-14H,9-12,15H2,1-3H3. The Kier molecular flexibility index (Phi) is 7.77. The lowest BCUT2D eigenvalue weighted by atomic mass is 10.2. The highest BCUT2D eigenvalue weighted by molar-refractivity contribution is 7.89. The molecule has 1 amide bonds. The van der Waals surface area contributed by atoms with Gasteiger partial charge in [-0.2, -0.15) is 4.31 Å². The first-order valence-electron chi connectivity index (χ1n) is 10.1. The molecule has 1 heterocycles. The van der Waals surface area contributed by atoms with E-state index in [2.05, 4.69) is 4.74 Å². The van der Waals surface area contributed by atoms with Gasteiger partial charge in [0.25, 0.3) is 5.91 Å². The quantitative estimate of drug-likeness (QED) is 0.524. The van der Waals surface area contributed by atoms with Crippen LogP contribution in [0.2, 0.25) is 0 Å². The average molecular weight is 479 g/mol. The number of esters is 1. The SMILES string of the molecule is COC(=O)c1cccc(OCC(=O)N2CCN(S(=O)(=O)c3cc(OC)ccc3OC)CC2)c1. The number of ether oxygens (including phenoxy) is 4. The molecule has 0 aromatic heterocycles. The van der Waals surface area contributed by atoms with Crippen molar-refractivity contribution in [1.29, 1.82) is 0 Å². The van der Waals surface area contributed by atoms with Crippen molar-refractivity contribution >= 4 is 21.9 Å². The summed E-state index contributed by atoms with van der Waals surface area (Å²) in [6, 6.07) is 10.9. The van der Waals surface area contributed by atoms with Crippen molar-refractivity contribution in [2.24, 2.45) is 0 Å². The van der Waals surface area contributed by atoms with Crippen LogP contribution in [0, 0.1) is 0 Å². The Bertz CT molecular complexity index is 1110. The van der Waals surface area contributed by atoms with Crippen molar-refractivity contribution in [3.63, 3.8) is 0 Å². The van der Waals surface area contributed by atoms with Gasteiger partial charge in [-0.3, -0.25) is 4.79 Å². The molecule has 0 bridgehead atoms. The molecule has 178 valence electrons. The number of rotatable bonds is 8. The van der Waals surface area contributed by atoms with Crippen LogP contribution in [0.3, 0.4) is 0 Å². The minimum absolute atomic E-state index is 0.0120. The van der Waals surface area contributed by atoms with Crippen molar-refractivity contribution in [2.75, 3.05) is 54.1 Å². The van der Waals surface area contributed by atoms with Gasteiger partial charge < -0.3 is 23.8 Å². The normalized spacial score (nSPS) is 14.5. The minimum Gasteiger partial charge on any atom is -0.497 e. The van der Waals surface area contributed by atoms with Crippen molar-refractivity contribution < 1.29 is 37.0 Å². The van der Waals surface area contributed by atoms with E-state index in [4.69, 9.17) is 14.2 Å². The lowest BCUT2D eigenvalue weighted by molar-refractivity contribution is -0.134. The summed E-state index contributed by atoms with van der Waals surface area (Å²) in [6.45, 7) is 0.464. The molecule has 1 fully saturated rings. The maximum atomic E-state index is 13.2. The topological polar surface area (TPSA) is 112 Å². The van der Waals surface area contributed by atoms with E-state index in [1.165, 1.54) is 43.8 Å². The number of nitrogens with zero attached hydrogens (tertiary/aromatic N) is 2. The van der Waals surface area contributed by atoms with Gasteiger partial charge in [0.15, 0.2) is 6.61 Å². The van der Waals surface area contributed by atoms with E-state index in [1.54, 1.807) is 29.2 Å². The average Bonchev–Trinajstić information content (AvgIpc) is 2.86. The van der Waals surface area contributed by atoms with Gasteiger partial charge in [0.1, 0.15) is 22.1 Å². The predicted molar refractivity (Wildman–Crippen MR) is 118 cm³/mol. The fraction of sp³-hybridized carbons (Fsp3) is 0.364. The van der Waals surface area contributed by atoms with Crippen LogP contribution in [-0.4, -0.2) is 83.6 Å². The molecular weight excluding hydrogens is 452 g/mol. The lowest BCUT2D eigenvalue weighted by Crippen LogP contribution is -2.51. The molecule has 1 aliphatic heterocycles. The molecule has 1 aliphatic rings. The zero-order valence-corrected chi connectivity index (χ0v) is 19.5. The summed E-state index contributed by atoms with van der Waals surface area (Å²) >= 11 is 0. The summed E-state index contributed by atoms with van der Waals surface area (Å²) in [6.07, 6.45) is 0. The van der Waals surface area contributed by atoms with Gasteiger partial charge >= 0.3 is 5.97 Å². The van der Waals surface area contributed by atoms with Gasteiger partial charge in [0, 0.05) is 32.2 Å². The van der Waals surface area contributed by atoms with E-state index < -0.39 is 16.0 Å². The van der Waals surface area contributed by atoms with Crippen molar-refractivity contribution in [3.8, 4) is 17.2 Å². The highest BCUT2D eigenvalue weighted by Gasteiger charge is 2.32. The molecule has 2 aromatic carbocycles. The van der Waals surface area contributed by atoms with Crippen LogP contribution in [0.4, 0.5) is 0 Å². The minimum atomic E-state index is -3.84. The number of carbonyl (C=O) groups excluding carboxylic acids is 2. The molecule has 11 heteroatoms. The van der Waals surface area contributed by atoms with Crippen molar-refractivity contribution in [2.45, 2.75) is 4.90 Å². The Hall–Kier alpha value is -3.31. The van der Waals surface area contributed by atoms with E-state index in [9.17, 15) is 18.0 Å². The van der Waals surface area contributed by atoms with Gasteiger partial charge in [-0.25, -0.2) is 13.2 Å². The molecule has 0 atom stereocenters. The number of piperazine rings is 1. The van der Waals surface area contributed by atoms with E-state index in [0.717, 1.165) is 0 Å². The Morgan fingerprint density at radius 2 is 1.64 bits per heavy atom. The molecule has 2 aromatic rings. The number of hydrogen-bond donors (Lipinski definition) is 0. The number of benzene rings is 2. The lowest BCUT2D eigenvalue weighted by Gasteiger charge is -2.34. The van der Waals surface area contributed by atoms with E-state index in [0.29, 0.717) is 17.1 Å². The van der Waals surface area contributed by atoms with Crippen LogP contribution in [0.1, 0.15) is 10.4 Å². The molecule has 0 saturated carbocycles. The van der Waals surface area contributed by atoms with Gasteiger partial charge in [-0.15, -0.1) is 0 Å². The molecule has 0 N–H and O–H groups in total. The predicted octanol–water partition coefficient (Wildman–Crippen LogP) is 1.40. The summed E-state index contributed by atoms with van der Waals surface area (Å²) in [5.74, 6) is 0.192. The Labute approximate surface area is 192 Å². The Morgan fingerprint density at radius 1 is 0.909 bits per heavy atom. The zero-order chi connectivity index (χ0) is 24.0. The van der Waals surface area contributed by atoms with Crippen molar-refractivity contribution in [3.05, 3.63) is 48.0 Å². The first-order valence-corrected chi connectivity index (χ1v) is 11.5. The second-order valence-electron chi connectivity index (χ2n) is 7.11. The number of methoxy groups -OCH3 is 3. The highest BCUT2D eigenvalue weighted by Crippen LogP contribution is 2.31. The number of carbonyl (C=O) groups is 2. The third kappa shape index (κ3) is 5.55. The summed E-state index contributed by atoms with van der Waals surface area (Å²) in [5.41, 5.74) is 0.314.